The topological polar surface area (TPSA) is 83.1 Å². The quantitative estimate of drug-likeness (QED) is 0.665. The molecule has 1 N–H and O–H groups in total. The van der Waals surface area contributed by atoms with Crippen molar-refractivity contribution in [3.8, 4) is 11.5 Å². The first-order valence-corrected chi connectivity index (χ1v) is 10.6. The lowest BCUT2D eigenvalue weighted by Gasteiger charge is -2.30. The highest BCUT2D eigenvalue weighted by atomic mass is 32.1. The lowest BCUT2D eigenvalue weighted by molar-refractivity contribution is -0.115. The largest absolute Gasteiger partial charge is 0.493 e. The van der Waals surface area contributed by atoms with Gasteiger partial charge in [0.25, 0.3) is 0 Å². The van der Waals surface area contributed by atoms with Crippen molar-refractivity contribution < 1.29 is 28.5 Å². The summed E-state index contributed by atoms with van der Waals surface area (Å²) < 4.78 is 21.7. The van der Waals surface area contributed by atoms with E-state index in [1.165, 1.54) is 11.3 Å². The van der Waals surface area contributed by atoms with Gasteiger partial charge >= 0.3 is 5.97 Å². The minimum atomic E-state index is -0.422. The molecule has 0 aliphatic carbocycles. The second-order valence-corrected chi connectivity index (χ2v) is 8.67. The molecule has 0 spiro atoms. The Balaban J connectivity index is 1.84. The van der Waals surface area contributed by atoms with E-state index < -0.39 is 5.97 Å². The standard InChI is InChI=1S/C22H27NO6S/c1-6-28-21(25)19-14-11-22(2,3)29-12-17(14)30-20(19)23-18(24)10-13-7-8-15(26-4)16(9-13)27-5/h7-9H,6,10-12H2,1-5H3,(H,23,24). The first-order valence-electron chi connectivity index (χ1n) is 9.74. The SMILES string of the molecule is CCOC(=O)c1c(NC(=O)Cc2ccc(OC)c(OC)c2)sc2c1CC(C)(C)OC2. The number of fused-ring (bicyclic) bond motifs is 1. The van der Waals surface area contributed by atoms with Crippen LogP contribution in [0.5, 0.6) is 11.5 Å². The van der Waals surface area contributed by atoms with Gasteiger partial charge in [0.05, 0.1) is 45.0 Å². The number of nitrogens with one attached hydrogen (secondary N) is 1. The summed E-state index contributed by atoms with van der Waals surface area (Å²) in [5.41, 5.74) is 1.73. The van der Waals surface area contributed by atoms with E-state index in [0.717, 1.165) is 16.0 Å². The summed E-state index contributed by atoms with van der Waals surface area (Å²) in [4.78, 5) is 26.4. The van der Waals surface area contributed by atoms with Crippen LogP contribution in [0.2, 0.25) is 0 Å². The van der Waals surface area contributed by atoms with Crippen LogP contribution in [0.4, 0.5) is 5.00 Å². The van der Waals surface area contributed by atoms with Gasteiger partial charge in [-0.15, -0.1) is 11.3 Å². The number of anilines is 1. The minimum Gasteiger partial charge on any atom is -0.493 e. The third kappa shape index (κ3) is 4.76. The summed E-state index contributed by atoms with van der Waals surface area (Å²) in [6.45, 7) is 6.40. The second-order valence-electron chi connectivity index (χ2n) is 7.57. The summed E-state index contributed by atoms with van der Waals surface area (Å²) in [7, 11) is 3.11. The zero-order chi connectivity index (χ0) is 21.9. The molecule has 1 amide bonds. The van der Waals surface area contributed by atoms with Gasteiger partial charge in [0.1, 0.15) is 5.00 Å². The fraction of sp³-hybridized carbons (Fsp3) is 0.455. The minimum absolute atomic E-state index is 0.132. The number of methoxy groups -OCH3 is 2. The average Bonchev–Trinajstić information content (AvgIpc) is 3.03. The Hall–Kier alpha value is -2.58. The van der Waals surface area contributed by atoms with E-state index in [-0.39, 0.29) is 24.5 Å². The molecular formula is C22H27NO6S. The van der Waals surface area contributed by atoms with Crippen LogP contribution in [0.15, 0.2) is 18.2 Å². The Kier molecular flexibility index (Phi) is 6.67. The van der Waals surface area contributed by atoms with Crippen LogP contribution in [0.25, 0.3) is 0 Å². The van der Waals surface area contributed by atoms with Crippen molar-refractivity contribution in [2.75, 3.05) is 26.1 Å². The number of hydrogen-bond donors (Lipinski definition) is 1. The molecule has 1 aromatic heterocycles. The molecule has 0 atom stereocenters. The number of amides is 1. The molecule has 8 heteroatoms. The number of thiophene rings is 1. The fourth-order valence-corrected chi connectivity index (χ4v) is 4.54. The van der Waals surface area contributed by atoms with Crippen LogP contribution in [0, 0.1) is 0 Å². The third-order valence-corrected chi connectivity index (χ3v) is 5.95. The smallest absolute Gasteiger partial charge is 0.341 e. The van der Waals surface area contributed by atoms with Crippen LogP contribution in [0.3, 0.4) is 0 Å². The number of benzene rings is 1. The molecule has 30 heavy (non-hydrogen) atoms. The van der Waals surface area contributed by atoms with Gasteiger partial charge < -0.3 is 24.3 Å². The van der Waals surface area contributed by atoms with Crippen molar-refractivity contribution in [3.63, 3.8) is 0 Å². The number of hydrogen-bond acceptors (Lipinski definition) is 7. The molecule has 0 radical (unpaired) electrons. The van der Waals surface area contributed by atoms with Crippen molar-refractivity contribution in [1.82, 2.24) is 0 Å². The van der Waals surface area contributed by atoms with Crippen LogP contribution >= 0.6 is 11.3 Å². The summed E-state index contributed by atoms with van der Waals surface area (Å²) in [5.74, 6) is 0.501. The van der Waals surface area contributed by atoms with Crippen molar-refractivity contribution in [3.05, 3.63) is 39.8 Å². The molecule has 162 valence electrons. The molecule has 1 aliphatic rings. The van der Waals surface area contributed by atoms with Crippen molar-refractivity contribution in [2.45, 2.75) is 45.8 Å². The van der Waals surface area contributed by atoms with Gasteiger partial charge in [-0.3, -0.25) is 4.79 Å². The highest BCUT2D eigenvalue weighted by molar-refractivity contribution is 7.17. The van der Waals surface area contributed by atoms with E-state index >= 15 is 0 Å². The second kappa shape index (κ2) is 9.06. The van der Waals surface area contributed by atoms with Crippen LogP contribution in [-0.2, 0) is 33.7 Å². The van der Waals surface area contributed by atoms with Gasteiger partial charge in [-0.2, -0.15) is 0 Å². The van der Waals surface area contributed by atoms with Crippen molar-refractivity contribution in [2.24, 2.45) is 0 Å². The molecule has 7 nitrogen and oxygen atoms in total. The van der Waals surface area contributed by atoms with Crippen LogP contribution < -0.4 is 14.8 Å². The molecule has 2 aromatic rings. The number of carbonyl (C=O) groups is 2. The van der Waals surface area contributed by atoms with Gasteiger partial charge in [0, 0.05) is 11.3 Å². The zero-order valence-corrected chi connectivity index (χ0v) is 18.7. The molecule has 0 bridgehead atoms. The summed E-state index contributed by atoms with van der Waals surface area (Å²) >= 11 is 1.37. The fourth-order valence-electron chi connectivity index (χ4n) is 3.41. The van der Waals surface area contributed by atoms with Crippen LogP contribution in [-0.4, -0.2) is 38.3 Å². The van der Waals surface area contributed by atoms with E-state index in [1.54, 1.807) is 33.3 Å². The van der Waals surface area contributed by atoms with Gasteiger partial charge in [-0.05, 0) is 44.0 Å². The number of carbonyl (C=O) groups excluding carboxylic acids is 2. The van der Waals surface area contributed by atoms with Crippen LogP contribution in [0.1, 0.15) is 47.1 Å². The molecule has 0 saturated carbocycles. The first-order chi connectivity index (χ1) is 14.3. The summed E-state index contributed by atoms with van der Waals surface area (Å²) in [6.07, 6.45) is 0.714. The summed E-state index contributed by atoms with van der Waals surface area (Å²) in [6, 6.07) is 5.33. The maximum Gasteiger partial charge on any atom is 0.341 e. The monoisotopic (exact) mass is 433 g/mol. The molecule has 0 unspecified atom stereocenters. The van der Waals surface area contributed by atoms with Gasteiger partial charge in [0.2, 0.25) is 5.91 Å². The Morgan fingerprint density at radius 3 is 2.60 bits per heavy atom. The van der Waals surface area contributed by atoms with E-state index in [9.17, 15) is 9.59 Å². The van der Waals surface area contributed by atoms with E-state index in [4.69, 9.17) is 18.9 Å². The van der Waals surface area contributed by atoms with Crippen molar-refractivity contribution >= 4 is 28.2 Å². The Bertz CT molecular complexity index is 949. The Morgan fingerprint density at radius 2 is 1.93 bits per heavy atom. The van der Waals surface area contributed by atoms with E-state index in [2.05, 4.69) is 5.32 Å². The molecule has 0 fully saturated rings. The molecule has 0 saturated heterocycles. The van der Waals surface area contributed by atoms with E-state index in [0.29, 0.717) is 35.1 Å². The third-order valence-electron chi connectivity index (χ3n) is 4.83. The first kappa shape index (κ1) is 22.1. The van der Waals surface area contributed by atoms with E-state index in [1.807, 2.05) is 19.9 Å². The lowest BCUT2D eigenvalue weighted by atomic mass is 9.93. The predicted octanol–water partition coefficient (Wildman–Crippen LogP) is 3.97. The molecule has 1 aromatic carbocycles. The van der Waals surface area contributed by atoms with Crippen molar-refractivity contribution in [1.29, 1.82) is 0 Å². The average molecular weight is 434 g/mol. The van der Waals surface area contributed by atoms with Gasteiger partial charge in [-0.25, -0.2) is 4.79 Å². The zero-order valence-electron chi connectivity index (χ0n) is 17.9. The maximum atomic E-state index is 12.7. The number of rotatable bonds is 7. The maximum absolute atomic E-state index is 12.7. The molecule has 3 rings (SSSR count). The number of esters is 1. The molecular weight excluding hydrogens is 406 g/mol. The molecule has 2 heterocycles. The Labute approximate surface area is 180 Å². The lowest BCUT2D eigenvalue weighted by Crippen LogP contribution is -2.32. The molecule has 1 aliphatic heterocycles. The Morgan fingerprint density at radius 1 is 1.20 bits per heavy atom. The van der Waals surface area contributed by atoms with Gasteiger partial charge in [-0.1, -0.05) is 6.07 Å². The highest BCUT2D eigenvalue weighted by Gasteiger charge is 2.34. The highest BCUT2D eigenvalue weighted by Crippen LogP contribution is 2.41. The van der Waals surface area contributed by atoms with Gasteiger partial charge in [0.15, 0.2) is 11.5 Å². The summed E-state index contributed by atoms with van der Waals surface area (Å²) in [5, 5.41) is 3.40. The normalized spacial score (nSPS) is 14.6. The number of ether oxygens (including phenoxy) is 4. The predicted molar refractivity (Wildman–Crippen MR) is 115 cm³/mol.